The second-order valence-corrected chi connectivity index (χ2v) is 5.54. The molecule has 0 aliphatic carbocycles. The monoisotopic (exact) mass is 370 g/mol. The highest BCUT2D eigenvalue weighted by Gasteiger charge is 2.25. The Morgan fingerprint density at radius 2 is 1.11 bits per heavy atom. The number of esters is 3. The fraction of sp³-hybridized carbons (Fsp3) is 0.200. The van der Waals surface area contributed by atoms with Crippen molar-refractivity contribution in [2.75, 3.05) is 14.2 Å². The van der Waals surface area contributed by atoms with Gasteiger partial charge in [-0.2, -0.15) is 0 Å². The van der Waals surface area contributed by atoms with Crippen LogP contribution >= 0.6 is 0 Å². The van der Waals surface area contributed by atoms with Crippen molar-refractivity contribution in [3.8, 4) is 0 Å². The van der Waals surface area contributed by atoms with Gasteiger partial charge in [0.05, 0.1) is 25.3 Å². The fourth-order valence-corrected chi connectivity index (χ4v) is 2.39. The van der Waals surface area contributed by atoms with E-state index in [2.05, 4.69) is 9.47 Å². The van der Waals surface area contributed by atoms with E-state index in [-0.39, 0.29) is 5.56 Å². The molecule has 7 nitrogen and oxygen atoms in total. The molecule has 0 aliphatic rings. The number of ether oxygens (including phenoxy) is 3. The third-order valence-corrected chi connectivity index (χ3v) is 3.75. The number of carbonyl (C=O) groups is 4. The Morgan fingerprint density at radius 3 is 1.52 bits per heavy atom. The first-order valence-electron chi connectivity index (χ1n) is 7.95. The van der Waals surface area contributed by atoms with Crippen molar-refractivity contribution >= 4 is 23.7 Å². The lowest BCUT2D eigenvalue weighted by Crippen LogP contribution is -2.19. The van der Waals surface area contributed by atoms with Crippen LogP contribution in [0.5, 0.6) is 0 Å². The largest absolute Gasteiger partial charge is 0.465 e. The van der Waals surface area contributed by atoms with Gasteiger partial charge in [-0.1, -0.05) is 24.3 Å². The predicted octanol–water partition coefficient (Wildman–Crippen LogP) is 2.75. The number of carbonyl (C=O) groups excluding carboxylic acids is 4. The maximum atomic E-state index is 12.8. The van der Waals surface area contributed by atoms with Crippen molar-refractivity contribution in [3.63, 3.8) is 0 Å². The smallest absolute Gasteiger partial charge is 0.337 e. The average molecular weight is 370 g/mol. The molecule has 2 rings (SSSR count). The van der Waals surface area contributed by atoms with Crippen molar-refractivity contribution in [2.24, 2.45) is 0 Å². The highest BCUT2D eigenvalue weighted by molar-refractivity contribution is 6.02. The minimum absolute atomic E-state index is 0.256. The molecule has 0 N–H and O–H groups in total. The van der Waals surface area contributed by atoms with Crippen molar-refractivity contribution in [1.29, 1.82) is 0 Å². The lowest BCUT2D eigenvalue weighted by atomic mass is 9.98. The van der Waals surface area contributed by atoms with Crippen LogP contribution in [-0.2, 0) is 19.0 Å². The number of hydrogen-bond donors (Lipinski definition) is 0. The molecule has 7 heteroatoms. The highest BCUT2D eigenvalue weighted by atomic mass is 16.5. The highest BCUT2D eigenvalue weighted by Crippen LogP contribution is 2.24. The number of hydrogen-bond acceptors (Lipinski definition) is 7. The molecule has 0 radical (unpaired) electrons. The van der Waals surface area contributed by atoms with Gasteiger partial charge in [0.15, 0.2) is 6.10 Å². The van der Waals surface area contributed by atoms with Crippen LogP contribution in [0.3, 0.4) is 0 Å². The average Bonchev–Trinajstić information content (AvgIpc) is 2.70. The zero-order valence-corrected chi connectivity index (χ0v) is 15.1. The molecule has 27 heavy (non-hydrogen) atoms. The van der Waals surface area contributed by atoms with Gasteiger partial charge < -0.3 is 14.2 Å². The van der Waals surface area contributed by atoms with Crippen LogP contribution in [0.25, 0.3) is 0 Å². The Balaban J connectivity index is 2.32. The lowest BCUT2D eigenvalue weighted by molar-refractivity contribution is -0.144. The maximum Gasteiger partial charge on any atom is 0.337 e. The first-order chi connectivity index (χ1) is 12.9. The topological polar surface area (TPSA) is 96.0 Å². The maximum absolute atomic E-state index is 12.8. The number of Topliss-reactive ketones (excluding diaryl/α,β-unsaturated/α-hetero) is 1. The summed E-state index contributed by atoms with van der Waals surface area (Å²) >= 11 is 0. The van der Waals surface area contributed by atoms with E-state index in [0.29, 0.717) is 16.7 Å². The summed E-state index contributed by atoms with van der Waals surface area (Å²) in [5, 5.41) is 0. The molecular formula is C20H18O7. The molecule has 1 unspecified atom stereocenters. The molecule has 0 amide bonds. The number of rotatable bonds is 6. The molecule has 0 aromatic heterocycles. The molecule has 0 spiro atoms. The summed E-state index contributed by atoms with van der Waals surface area (Å²) in [6.07, 6.45) is -1.18. The van der Waals surface area contributed by atoms with Gasteiger partial charge in [-0.05, 0) is 24.3 Å². The van der Waals surface area contributed by atoms with Crippen molar-refractivity contribution in [1.82, 2.24) is 0 Å². The van der Waals surface area contributed by atoms with Crippen LogP contribution < -0.4 is 0 Å². The SMILES string of the molecule is COC(=O)c1ccc(C(=O)C(OC(C)=O)c2ccc(C(=O)OC)cc2)cc1. The Kier molecular flexibility index (Phi) is 6.43. The number of ketones is 1. The molecule has 140 valence electrons. The standard InChI is InChI=1S/C20H18O7/c1-12(21)27-18(14-6-10-16(11-7-14)20(24)26-3)17(22)13-4-8-15(9-5-13)19(23)25-2/h4-11,18H,1-3H3. The quantitative estimate of drug-likeness (QED) is 0.438. The van der Waals surface area contributed by atoms with E-state index in [4.69, 9.17) is 4.74 Å². The van der Waals surface area contributed by atoms with E-state index in [0.717, 1.165) is 0 Å². The van der Waals surface area contributed by atoms with E-state index in [1.165, 1.54) is 69.7 Å². The zero-order valence-electron chi connectivity index (χ0n) is 15.1. The van der Waals surface area contributed by atoms with Crippen LogP contribution in [0.15, 0.2) is 48.5 Å². The minimum Gasteiger partial charge on any atom is -0.465 e. The van der Waals surface area contributed by atoms with E-state index >= 15 is 0 Å². The second kappa shape index (κ2) is 8.75. The molecule has 0 saturated heterocycles. The third kappa shape index (κ3) is 4.78. The van der Waals surface area contributed by atoms with Gasteiger partial charge in [-0.15, -0.1) is 0 Å². The van der Waals surface area contributed by atoms with E-state index in [1.54, 1.807) is 0 Å². The van der Waals surface area contributed by atoms with Gasteiger partial charge in [0.1, 0.15) is 0 Å². The Labute approximate surface area is 155 Å². The first-order valence-corrected chi connectivity index (χ1v) is 7.95. The summed E-state index contributed by atoms with van der Waals surface area (Å²) in [5.74, 6) is -2.14. The fourth-order valence-electron chi connectivity index (χ4n) is 2.39. The van der Waals surface area contributed by atoms with Crippen molar-refractivity contribution in [3.05, 3.63) is 70.8 Å². The first kappa shape index (κ1) is 19.8. The van der Waals surface area contributed by atoms with Gasteiger partial charge in [0.2, 0.25) is 5.78 Å². The molecule has 0 fully saturated rings. The Morgan fingerprint density at radius 1 is 0.704 bits per heavy atom. The molecule has 0 heterocycles. The van der Waals surface area contributed by atoms with Gasteiger partial charge >= 0.3 is 17.9 Å². The van der Waals surface area contributed by atoms with Crippen molar-refractivity contribution < 1.29 is 33.4 Å². The Hall–Kier alpha value is -3.48. The summed E-state index contributed by atoms with van der Waals surface area (Å²) in [4.78, 5) is 47.3. The van der Waals surface area contributed by atoms with Crippen molar-refractivity contribution in [2.45, 2.75) is 13.0 Å². The van der Waals surface area contributed by atoms with Gasteiger partial charge in [-0.3, -0.25) is 9.59 Å². The van der Waals surface area contributed by atoms with E-state index in [9.17, 15) is 19.2 Å². The summed E-state index contributed by atoms with van der Waals surface area (Å²) in [7, 11) is 2.52. The Bertz CT molecular complexity index is 851. The van der Waals surface area contributed by atoms with E-state index < -0.39 is 29.8 Å². The summed E-state index contributed by atoms with van der Waals surface area (Å²) in [5.41, 5.74) is 1.25. The molecule has 0 saturated carbocycles. The van der Waals surface area contributed by atoms with E-state index in [1.807, 2.05) is 0 Å². The number of benzene rings is 2. The predicted molar refractivity (Wildman–Crippen MR) is 94.4 cm³/mol. The summed E-state index contributed by atoms with van der Waals surface area (Å²) in [6, 6.07) is 11.8. The lowest BCUT2D eigenvalue weighted by Gasteiger charge is -2.17. The number of methoxy groups -OCH3 is 2. The molecular weight excluding hydrogens is 352 g/mol. The second-order valence-electron chi connectivity index (χ2n) is 5.54. The third-order valence-electron chi connectivity index (χ3n) is 3.75. The zero-order chi connectivity index (χ0) is 20.0. The molecule has 1 atom stereocenters. The van der Waals surface area contributed by atoms with Crippen LogP contribution in [-0.4, -0.2) is 37.9 Å². The van der Waals surface area contributed by atoms with Gasteiger partial charge in [-0.25, -0.2) is 9.59 Å². The normalized spacial score (nSPS) is 11.2. The summed E-state index contributed by atoms with van der Waals surface area (Å²) in [6.45, 7) is 1.20. The molecule has 0 bridgehead atoms. The van der Waals surface area contributed by atoms with Crippen LogP contribution in [0.2, 0.25) is 0 Å². The molecule has 2 aromatic rings. The summed E-state index contributed by atoms with van der Waals surface area (Å²) < 4.78 is 14.4. The van der Waals surface area contributed by atoms with Crippen LogP contribution in [0.1, 0.15) is 49.7 Å². The van der Waals surface area contributed by atoms with Gasteiger partial charge in [0, 0.05) is 18.1 Å². The van der Waals surface area contributed by atoms with Gasteiger partial charge in [0.25, 0.3) is 0 Å². The van der Waals surface area contributed by atoms with Crippen LogP contribution in [0, 0.1) is 0 Å². The van der Waals surface area contributed by atoms with Crippen LogP contribution in [0.4, 0.5) is 0 Å². The molecule has 0 aliphatic heterocycles. The molecule has 2 aromatic carbocycles. The minimum atomic E-state index is -1.18.